The lowest BCUT2D eigenvalue weighted by Crippen LogP contribution is -2.48. The highest BCUT2D eigenvalue weighted by molar-refractivity contribution is 5.46. The fourth-order valence-corrected chi connectivity index (χ4v) is 4.42. The molecular weight excluding hydrogens is 404 g/mol. The standard InChI is InChI=1S/C24H32N6O2/c1-4-21(29-16-14-28(15-17-29)20-8-6-5-7-9-20)24-25-26-27-30(24)13-12-19-10-11-22(31-2)23(18-19)32-3/h5-11,18,21H,4,12-17H2,1-3H3/t21-/m1/s1. The maximum atomic E-state index is 5.43. The SMILES string of the molecule is CC[C@H](c1nnnn1CCc1ccc(OC)c(OC)c1)N1CCN(c2ccccc2)CC1. The Balaban J connectivity index is 1.40. The molecule has 8 heteroatoms. The van der Waals surface area contributed by atoms with E-state index in [1.165, 1.54) is 5.69 Å². The van der Waals surface area contributed by atoms with Gasteiger partial charge in [-0.05, 0) is 53.1 Å². The summed E-state index contributed by atoms with van der Waals surface area (Å²) in [4.78, 5) is 4.96. The first-order chi connectivity index (χ1) is 15.7. The molecule has 0 unspecified atom stereocenters. The summed E-state index contributed by atoms with van der Waals surface area (Å²) in [6, 6.07) is 16.9. The van der Waals surface area contributed by atoms with Gasteiger partial charge < -0.3 is 14.4 Å². The van der Waals surface area contributed by atoms with Gasteiger partial charge in [0.25, 0.3) is 0 Å². The fraction of sp³-hybridized carbons (Fsp3) is 0.458. The summed E-state index contributed by atoms with van der Waals surface area (Å²) >= 11 is 0. The van der Waals surface area contributed by atoms with Crippen LogP contribution >= 0.6 is 0 Å². The summed E-state index contributed by atoms with van der Waals surface area (Å²) < 4.78 is 12.7. The normalized spacial score (nSPS) is 15.5. The zero-order valence-corrected chi connectivity index (χ0v) is 19.1. The van der Waals surface area contributed by atoms with Crippen molar-refractivity contribution in [1.82, 2.24) is 25.1 Å². The van der Waals surface area contributed by atoms with Crippen molar-refractivity contribution in [1.29, 1.82) is 0 Å². The molecule has 3 aromatic rings. The highest BCUT2D eigenvalue weighted by Gasteiger charge is 2.28. The molecule has 32 heavy (non-hydrogen) atoms. The first-order valence-corrected chi connectivity index (χ1v) is 11.2. The van der Waals surface area contributed by atoms with Gasteiger partial charge in [0.05, 0.1) is 20.3 Å². The number of nitrogens with zero attached hydrogens (tertiary/aromatic N) is 6. The van der Waals surface area contributed by atoms with Gasteiger partial charge >= 0.3 is 0 Å². The molecule has 0 saturated carbocycles. The molecule has 8 nitrogen and oxygen atoms in total. The van der Waals surface area contributed by atoms with Crippen LogP contribution in [-0.2, 0) is 13.0 Å². The number of methoxy groups -OCH3 is 2. The molecule has 0 amide bonds. The molecule has 0 N–H and O–H groups in total. The molecule has 2 aromatic carbocycles. The van der Waals surface area contributed by atoms with Gasteiger partial charge in [-0.1, -0.05) is 31.2 Å². The maximum Gasteiger partial charge on any atom is 0.168 e. The minimum Gasteiger partial charge on any atom is -0.493 e. The van der Waals surface area contributed by atoms with E-state index >= 15 is 0 Å². The predicted octanol–water partition coefficient (Wildman–Crippen LogP) is 3.21. The van der Waals surface area contributed by atoms with Crippen molar-refractivity contribution < 1.29 is 9.47 Å². The zero-order chi connectivity index (χ0) is 22.3. The van der Waals surface area contributed by atoms with Crippen LogP contribution in [0.4, 0.5) is 5.69 Å². The fourth-order valence-electron chi connectivity index (χ4n) is 4.42. The minimum atomic E-state index is 0.216. The topological polar surface area (TPSA) is 68.5 Å². The van der Waals surface area contributed by atoms with Gasteiger partial charge in [-0.2, -0.15) is 0 Å². The third-order valence-corrected chi connectivity index (χ3v) is 6.18. The van der Waals surface area contributed by atoms with Gasteiger partial charge in [0.15, 0.2) is 17.3 Å². The molecule has 4 rings (SSSR count). The number of para-hydroxylation sites is 1. The molecule has 0 aliphatic carbocycles. The van der Waals surface area contributed by atoms with Gasteiger partial charge in [-0.15, -0.1) is 5.10 Å². The van der Waals surface area contributed by atoms with Crippen LogP contribution in [0.2, 0.25) is 0 Å². The van der Waals surface area contributed by atoms with Crippen LogP contribution in [0.1, 0.15) is 30.8 Å². The number of piperazine rings is 1. The summed E-state index contributed by atoms with van der Waals surface area (Å²) in [7, 11) is 3.31. The van der Waals surface area contributed by atoms with E-state index in [1.807, 2.05) is 16.8 Å². The van der Waals surface area contributed by atoms with E-state index in [1.54, 1.807) is 14.2 Å². The summed E-state index contributed by atoms with van der Waals surface area (Å²) in [6.45, 7) is 6.94. The molecule has 0 spiro atoms. The predicted molar refractivity (Wildman–Crippen MR) is 124 cm³/mol. The Morgan fingerprint density at radius 2 is 1.69 bits per heavy atom. The number of benzene rings is 2. The number of anilines is 1. The number of hydrogen-bond donors (Lipinski definition) is 0. The van der Waals surface area contributed by atoms with Gasteiger partial charge in [0, 0.05) is 38.4 Å². The van der Waals surface area contributed by atoms with Crippen molar-refractivity contribution in [2.45, 2.75) is 32.4 Å². The molecule has 1 saturated heterocycles. The van der Waals surface area contributed by atoms with Crippen LogP contribution in [-0.4, -0.2) is 65.5 Å². The first-order valence-electron chi connectivity index (χ1n) is 11.2. The molecule has 1 atom stereocenters. The Hall–Kier alpha value is -3.13. The van der Waals surface area contributed by atoms with E-state index in [-0.39, 0.29) is 6.04 Å². The largest absolute Gasteiger partial charge is 0.493 e. The van der Waals surface area contributed by atoms with E-state index in [9.17, 15) is 0 Å². The Kier molecular flexibility index (Phi) is 7.21. The Morgan fingerprint density at radius 3 is 2.38 bits per heavy atom. The van der Waals surface area contributed by atoms with E-state index < -0.39 is 0 Å². The monoisotopic (exact) mass is 436 g/mol. The van der Waals surface area contributed by atoms with E-state index in [0.717, 1.165) is 68.5 Å². The molecule has 1 fully saturated rings. The Labute approximate surface area is 189 Å². The van der Waals surface area contributed by atoms with Crippen molar-refractivity contribution >= 4 is 5.69 Å². The van der Waals surface area contributed by atoms with Gasteiger partial charge in [-0.3, -0.25) is 4.90 Å². The lowest BCUT2D eigenvalue weighted by Gasteiger charge is -2.39. The molecule has 170 valence electrons. The highest BCUT2D eigenvalue weighted by Crippen LogP contribution is 2.28. The third-order valence-electron chi connectivity index (χ3n) is 6.18. The van der Waals surface area contributed by atoms with E-state index in [4.69, 9.17) is 9.47 Å². The first kappa shape index (κ1) is 22.1. The van der Waals surface area contributed by atoms with Crippen LogP contribution in [0.5, 0.6) is 11.5 Å². The lowest BCUT2D eigenvalue weighted by atomic mass is 10.1. The van der Waals surface area contributed by atoms with Crippen molar-refractivity contribution in [2.75, 3.05) is 45.3 Å². The van der Waals surface area contributed by atoms with Crippen molar-refractivity contribution in [3.8, 4) is 11.5 Å². The summed E-state index contributed by atoms with van der Waals surface area (Å²) in [5.41, 5.74) is 2.45. The van der Waals surface area contributed by atoms with Gasteiger partial charge in [0.1, 0.15) is 0 Å². The van der Waals surface area contributed by atoms with Crippen molar-refractivity contribution in [2.24, 2.45) is 0 Å². The summed E-state index contributed by atoms with van der Waals surface area (Å²) in [5.74, 6) is 2.42. The quantitative estimate of drug-likeness (QED) is 0.510. The number of aryl methyl sites for hydroxylation is 2. The number of rotatable bonds is 9. The van der Waals surface area contributed by atoms with Crippen molar-refractivity contribution in [3.63, 3.8) is 0 Å². The van der Waals surface area contributed by atoms with Gasteiger partial charge in [-0.25, -0.2) is 4.68 Å². The summed E-state index contributed by atoms with van der Waals surface area (Å²) in [5, 5.41) is 12.7. The molecule has 0 bridgehead atoms. The molecule has 1 aliphatic rings. The smallest absolute Gasteiger partial charge is 0.168 e. The molecule has 1 aromatic heterocycles. The average Bonchev–Trinajstić information content (AvgIpc) is 3.32. The lowest BCUT2D eigenvalue weighted by molar-refractivity contribution is 0.169. The third kappa shape index (κ3) is 4.85. The highest BCUT2D eigenvalue weighted by atomic mass is 16.5. The molecule has 1 aliphatic heterocycles. The molecule has 0 radical (unpaired) electrons. The Morgan fingerprint density at radius 1 is 0.938 bits per heavy atom. The van der Waals surface area contributed by atoms with Crippen LogP contribution < -0.4 is 14.4 Å². The minimum absolute atomic E-state index is 0.216. The van der Waals surface area contributed by atoms with Crippen LogP contribution in [0.15, 0.2) is 48.5 Å². The van der Waals surface area contributed by atoms with Crippen LogP contribution in [0.3, 0.4) is 0 Å². The zero-order valence-electron chi connectivity index (χ0n) is 19.1. The van der Waals surface area contributed by atoms with E-state index in [2.05, 4.69) is 68.6 Å². The van der Waals surface area contributed by atoms with Crippen LogP contribution in [0.25, 0.3) is 0 Å². The number of aromatic nitrogens is 4. The number of tetrazole rings is 1. The van der Waals surface area contributed by atoms with E-state index in [0.29, 0.717) is 0 Å². The second kappa shape index (κ2) is 10.5. The Bertz CT molecular complexity index is 985. The second-order valence-electron chi connectivity index (χ2n) is 7.98. The summed E-state index contributed by atoms with van der Waals surface area (Å²) in [6.07, 6.45) is 1.79. The molecule has 2 heterocycles. The molecular formula is C24H32N6O2. The number of hydrogen-bond acceptors (Lipinski definition) is 7. The van der Waals surface area contributed by atoms with Crippen molar-refractivity contribution in [3.05, 3.63) is 59.9 Å². The maximum absolute atomic E-state index is 5.43. The van der Waals surface area contributed by atoms with Crippen LogP contribution in [0, 0.1) is 0 Å². The number of ether oxygens (including phenoxy) is 2. The second-order valence-corrected chi connectivity index (χ2v) is 7.98. The van der Waals surface area contributed by atoms with Gasteiger partial charge in [0.2, 0.25) is 0 Å². The average molecular weight is 437 g/mol.